The van der Waals surface area contributed by atoms with Gasteiger partial charge in [-0.05, 0) is 42.8 Å². The first kappa shape index (κ1) is 22.6. The smallest absolute Gasteiger partial charge is 0.384 e. The van der Waals surface area contributed by atoms with Crippen LogP contribution in [0.15, 0.2) is 67.4 Å². The van der Waals surface area contributed by atoms with Crippen LogP contribution in [0.1, 0.15) is 21.5 Å². The largest absolute Gasteiger partial charge is 0.416 e. The average Bonchev–Trinajstić information content (AvgIpc) is 2.81. The van der Waals surface area contributed by atoms with Gasteiger partial charge in [0.15, 0.2) is 0 Å². The van der Waals surface area contributed by atoms with Crippen molar-refractivity contribution in [2.75, 3.05) is 16.4 Å². The number of nitrogens with one attached hydrogen (secondary N) is 2. The maximum atomic E-state index is 13.0. The molecule has 4 rings (SSSR count). The monoisotopic (exact) mass is 465 g/mol. The first-order valence-corrected chi connectivity index (χ1v) is 9.95. The van der Waals surface area contributed by atoms with E-state index < -0.39 is 17.6 Å². The summed E-state index contributed by atoms with van der Waals surface area (Å²) >= 11 is 0. The van der Waals surface area contributed by atoms with Gasteiger partial charge in [-0.3, -0.25) is 4.79 Å². The number of alkyl halides is 3. The number of hydrogen-bond acceptors (Lipinski definition) is 7. The summed E-state index contributed by atoms with van der Waals surface area (Å²) in [5.74, 6) is 0.0629. The van der Waals surface area contributed by atoms with Crippen molar-refractivity contribution in [3.8, 4) is 11.3 Å². The molecule has 0 saturated heterocycles. The standard InChI is InChI=1S/C23H18F3N7O/c1-13-5-6-16(32-22(34)14-3-2-4-15(7-14)23(24,25)26)8-18(13)33-21-17(10-28-11-31-21)19-9-20(27)30-12-29-19/h2-12H,1H3,(H,32,34)(H2,27,29,30)(H,28,31,33). The van der Waals surface area contributed by atoms with Gasteiger partial charge in [0.05, 0.1) is 16.8 Å². The number of aromatic nitrogens is 4. The Balaban J connectivity index is 1.59. The Kier molecular flexibility index (Phi) is 6.09. The van der Waals surface area contributed by atoms with Gasteiger partial charge in [-0.25, -0.2) is 19.9 Å². The van der Waals surface area contributed by atoms with Crippen LogP contribution in [0.5, 0.6) is 0 Å². The summed E-state index contributed by atoms with van der Waals surface area (Å²) in [4.78, 5) is 29.0. The lowest BCUT2D eigenvalue weighted by molar-refractivity contribution is -0.137. The molecule has 0 aliphatic rings. The van der Waals surface area contributed by atoms with E-state index in [0.717, 1.165) is 17.7 Å². The minimum absolute atomic E-state index is 0.107. The molecule has 34 heavy (non-hydrogen) atoms. The molecule has 0 saturated carbocycles. The molecule has 8 nitrogen and oxygen atoms in total. The third kappa shape index (κ3) is 5.09. The molecule has 2 heterocycles. The van der Waals surface area contributed by atoms with Gasteiger partial charge in [-0.1, -0.05) is 12.1 Å². The molecule has 0 aliphatic heterocycles. The summed E-state index contributed by atoms with van der Waals surface area (Å²) < 4.78 is 38.9. The highest BCUT2D eigenvalue weighted by Gasteiger charge is 2.30. The van der Waals surface area contributed by atoms with Crippen LogP contribution in [0.3, 0.4) is 0 Å². The Hall–Kier alpha value is -4.54. The number of carbonyl (C=O) groups is 1. The fourth-order valence-corrected chi connectivity index (χ4v) is 3.14. The molecule has 0 aliphatic carbocycles. The zero-order chi connectivity index (χ0) is 24.3. The fraction of sp³-hybridized carbons (Fsp3) is 0.0870. The SMILES string of the molecule is Cc1ccc(NC(=O)c2cccc(C(F)(F)F)c2)cc1Nc1ncncc1-c1cc(N)ncn1. The molecule has 0 atom stereocenters. The van der Waals surface area contributed by atoms with Gasteiger partial charge < -0.3 is 16.4 Å². The third-order valence-corrected chi connectivity index (χ3v) is 4.88. The molecule has 2 aromatic carbocycles. The van der Waals surface area contributed by atoms with E-state index in [2.05, 4.69) is 30.6 Å². The quantitative estimate of drug-likeness (QED) is 0.386. The summed E-state index contributed by atoms with van der Waals surface area (Å²) in [5.41, 5.74) is 7.68. The van der Waals surface area contributed by atoms with E-state index in [9.17, 15) is 18.0 Å². The van der Waals surface area contributed by atoms with Crippen molar-refractivity contribution < 1.29 is 18.0 Å². The number of hydrogen-bond donors (Lipinski definition) is 3. The molecule has 4 N–H and O–H groups in total. The van der Waals surface area contributed by atoms with Gasteiger partial charge in [0.1, 0.15) is 24.3 Å². The van der Waals surface area contributed by atoms with E-state index >= 15 is 0 Å². The number of anilines is 4. The highest BCUT2D eigenvalue weighted by molar-refractivity contribution is 6.04. The molecule has 2 aromatic heterocycles. The van der Waals surface area contributed by atoms with Crippen LogP contribution in [-0.2, 0) is 6.18 Å². The summed E-state index contributed by atoms with van der Waals surface area (Å²) in [5, 5.41) is 5.82. The lowest BCUT2D eigenvalue weighted by Crippen LogP contribution is -2.14. The fourth-order valence-electron chi connectivity index (χ4n) is 3.14. The van der Waals surface area contributed by atoms with Gasteiger partial charge >= 0.3 is 6.18 Å². The summed E-state index contributed by atoms with van der Waals surface area (Å²) in [6.07, 6.45) is -0.270. The second-order valence-corrected chi connectivity index (χ2v) is 7.30. The minimum Gasteiger partial charge on any atom is -0.384 e. The highest BCUT2D eigenvalue weighted by atomic mass is 19.4. The van der Waals surface area contributed by atoms with Gasteiger partial charge in [0, 0.05) is 29.2 Å². The van der Waals surface area contributed by atoms with Crippen LogP contribution in [0.2, 0.25) is 0 Å². The van der Waals surface area contributed by atoms with Crippen molar-refractivity contribution in [3.63, 3.8) is 0 Å². The van der Waals surface area contributed by atoms with Crippen molar-refractivity contribution in [3.05, 3.63) is 84.1 Å². The Morgan fingerprint density at radius 2 is 1.82 bits per heavy atom. The van der Waals surface area contributed by atoms with E-state index in [1.165, 1.54) is 24.8 Å². The minimum atomic E-state index is -4.54. The highest BCUT2D eigenvalue weighted by Crippen LogP contribution is 2.31. The van der Waals surface area contributed by atoms with Crippen molar-refractivity contribution in [1.29, 1.82) is 0 Å². The third-order valence-electron chi connectivity index (χ3n) is 4.88. The molecule has 0 spiro atoms. The second-order valence-electron chi connectivity index (χ2n) is 7.30. The maximum Gasteiger partial charge on any atom is 0.416 e. The van der Waals surface area contributed by atoms with E-state index in [-0.39, 0.29) is 11.4 Å². The first-order chi connectivity index (χ1) is 16.2. The predicted molar refractivity (Wildman–Crippen MR) is 121 cm³/mol. The number of benzene rings is 2. The van der Waals surface area contributed by atoms with E-state index in [1.54, 1.807) is 30.5 Å². The summed E-state index contributed by atoms with van der Waals surface area (Å²) in [7, 11) is 0. The lowest BCUT2D eigenvalue weighted by Gasteiger charge is -2.14. The normalized spacial score (nSPS) is 11.2. The molecule has 0 unspecified atom stereocenters. The van der Waals surface area contributed by atoms with Crippen LogP contribution < -0.4 is 16.4 Å². The topological polar surface area (TPSA) is 119 Å². The number of nitrogens with zero attached hydrogens (tertiary/aromatic N) is 4. The van der Waals surface area contributed by atoms with Crippen LogP contribution in [0, 0.1) is 6.92 Å². The molecule has 11 heteroatoms. The van der Waals surface area contributed by atoms with Crippen LogP contribution in [0.4, 0.5) is 36.2 Å². The van der Waals surface area contributed by atoms with Crippen LogP contribution in [0.25, 0.3) is 11.3 Å². The summed E-state index contributed by atoms with van der Waals surface area (Å²) in [6, 6.07) is 10.9. The summed E-state index contributed by atoms with van der Waals surface area (Å²) in [6.45, 7) is 1.85. The number of nitrogen functional groups attached to an aromatic ring is 1. The molecule has 4 aromatic rings. The molecular formula is C23H18F3N7O. The Labute approximate surface area is 192 Å². The molecule has 0 fully saturated rings. The van der Waals surface area contributed by atoms with Gasteiger partial charge in [-0.15, -0.1) is 0 Å². The molecule has 1 amide bonds. The zero-order valence-electron chi connectivity index (χ0n) is 17.8. The number of rotatable bonds is 5. The molecule has 172 valence electrons. The van der Waals surface area contributed by atoms with Gasteiger partial charge in [0.2, 0.25) is 0 Å². The van der Waals surface area contributed by atoms with Crippen molar-refractivity contribution in [1.82, 2.24) is 19.9 Å². The first-order valence-electron chi connectivity index (χ1n) is 9.95. The average molecular weight is 465 g/mol. The Morgan fingerprint density at radius 1 is 1.00 bits per heavy atom. The van der Waals surface area contributed by atoms with Crippen molar-refractivity contribution in [2.45, 2.75) is 13.1 Å². The van der Waals surface area contributed by atoms with Crippen LogP contribution in [-0.4, -0.2) is 25.8 Å². The van der Waals surface area contributed by atoms with Crippen LogP contribution >= 0.6 is 0 Å². The lowest BCUT2D eigenvalue weighted by atomic mass is 10.1. The van der Waals surface area contributed by atoms with Gasteiger partial charge in [0.25, 0.3) is 5.91 Å². The van der Waals surface area contributed by atoms with E-state index in [1.807, 2.05) is 6.92 Å². The van der Waals surface area contributed by atoms with E-state index in [0.29, 0.717) is 28.5 Å². The predicted octanol–water partition coefficient (Wildman–Crippen LogP) is 4.84. The molecular weight excluding hydrogens is 447 g/mol. The number of halogens is 3. The zero-order valence-corrected chi connectivity index (χ0v) is 17.8. The molecule has 0 radical (unpaired) electrons. The number of aryl methyl sites for hydroxylation is 1. The maximum absolute atomic E-state index is 13.0. The Morgan fingerprint density at radius 3 is 2.59 bits per heavy atom. The van der Waals surface area contributed by atoms with Crippen molar-refractivity contribution >= 4 is 28.9 Å². The number of carbonyl (C=O) groups excluding carboxylic acids is 1. The molecule has 0 bridgehead atoms. The van der Waals surface area contributed by atoms with Crippen molar-refractivity contribution in [2.24, 2.45) is 0 Å². The van der Waals surface area contributed by atoms with Gasteiger partial charge in [-0.2, -0.15) is 13.2 Å². The second kappa shape index (κ2) is 9.14. The Bertz CT molecular complexity index is 1360. The number of amides is 1. The van der Waals surface area contributed by atoms with E-state index in [4.69, 9.17) is 5.73 Å². The number of nitrogens with two attached hydrogens (primary N) is 1.